The minimum Gasteiger partial charge on any atom is -0.464 e. The molecule has 0 saturated heterocycles. The van der Waals surface area contributed by atoms with Gasteiger partial charge in [-0.1, -0.05) is 5.21 Å². The number of nitrogens with zero attached hydrogens (tertiary/aromatic N) is 3. The first-order chi connectivity index (χ1) is 9.13. The molecular formula is C11H18N4O4. The van der Waals surface area contributed by atoms with Gasteiger partial charge in [-0.15, -0.1) is 5.10 Å². The van der Waals surface area contributed by atoms with E-state index in [1.165, 1.54) is 18.9 Å². The average molecular weight is 270 g/mol. The Balaban J connectivity index is 2.80. The third kappa shape index (κ3) is 4.02. The number of esters is 1. The third-order valence-corrected chi connectivity index (χ3v) is 2.42. The number of methoxy groups -OCH3 is 2. The summed E-state index contributed by atoms with van der Waals surface area (Å²) >= 11 is 0. The molecule has 106 valence electrons. The molecule has 0 spiro atoms. The van der Waals surface area contributed by atoms with Crippen LogP contribution < -0.4 is 5.32 Å². The van der Waals surface area contributed by atoms with Gasteiger partial charge >= 0.3 is 5.97 Å². The van der Waals surface area contributed by atoms with Crippen LogP contribution in [-0.2, 0) is 27.4 Å². The topological polar surface area (TPSA) is 95.3 Å². The summed E-state index contributed by atoms with van der Waals surface area (Å²) in [5, 5.41) is 10.3. The molecule has 0 fully saturated rings. The zero-order valence-corrected chi connectivity index (χ0v) is 11.3. The molecule has 0 atom stereocenters. The van der Waals surface area contributed by atoms with Gasteiger partial charge < -0.3 is 14.8 Å². The molecule has 1 N–H and O–H groups in total. The van der Waals surface area contributed by atoms with E-state index in [0.717, 1.165) is 0 Å². The molecule has 1 aromatic heterocycles. The predicted molar refractivity (Wildman–Crippen MR) is 65.4 cm³/mol. The second kappa shape index (κ2) is 7.47. The molecule has 1 aromatic rings. The highest BCUT2D eigenvalue weighted by molar-refractivity contribution is 5.88. The fraction of sp³-hybridized carbons (Fsp3) is 0.636. The molecule has 1 heterocycles. The maximum atomic E-state index is 11.5. The van der Waals surface area contributed by atoms with Crippen molar-refractivity contribution in [2.75, 3.05) is 20.8 Å². The Kier molecular flexibility index (Phi) is 5.94. The number of hydrogen-bond donors (Lipinski definition) is 1. The number of carbonyl (C=O) groups excluding carboxylic acids is 2. The lowest BCUT2D eigenvalue weighted by atomic mass is 10.3. The van der Waals surface area contributed by atoms with Crippen molar-refractivity contribution in [2.45, 2.75) is 26.5 Å². The van der Waals surface area contributed by atoms with Crippen molar-refractivity contribution in [1.29, 1.82) is 0 Å². The Morgan fingerprint density at radius 3 is 2.68 bits per heavy atom. The minimum atomic E-state index is -0.573. The van der Waals surface area contributed by atoms with E-state index in [0.29, 0.717) is 18.8 Å². The van der Waals surface area contributed by atoms with Gasteiger partial charge in [0.05, 0.1) is 26.0 Å². The lowest BCUT2D eigenvalue weighted by Gasteiger charge is -2.06. The van der Waals surface area contributed by atoms with Crippen LogP contribution in [0.15, 0.2) is 0 Å². The number of amides is 1. The summed E-state index contributed by atoms with van der Waals surface area (Å²) in [6, 6.07) is 0. The lowest BCUT2D eigenvalue weighted by molar-refractivity contribution is -0.121. The molecule has 0 aromatic carbocycles. The normalized spacial score (nSPS) is 10.3. The highest BCUT2D eigenvalue weighted by atomic mass is 16.5. The monoisotopic (exact) mass is 270 g/mol. The molecule has 8 nitrogen and oxygen atoms in total. The van der Waals surface area contributed by atoms with Crippen molar-refractivity contribution in [1.82, 2.24) is 20.3 Å². The Bertz CT molecular complexity index is 444. The molecule has 1 amide bonds. The summed E-state index contributed by atoms with van der Waals surface area (Å²) in [6.45, 7) is 2.93. The summed E-state index contributed by atoms with van der Waals surface area (Å²) in [5.74, 6) is -0.655. The highest BCUT2D eigenvalue weighted by Gasteiger charge is 2.20. The summed E-state index contributed by atoms with van der Waals surface area (Å²) in [5.41, 5.74) is 0.610. The van der Waals surface area contributed by atoms with E-state index in [1.807, 2.05) is 6.92 Å². The SMILES string of the molecule is CCNC(=O)CCn1nnc(C(=O)OC)c1COC. The average Bonchev–Trinajstić information content (AvgIpc) is 2.79. The van der Waals surface area contributed by atoms with Crippen molar-refractivity contribution < 1.29 is 19.1 Å². The maximum absolute atomic E-state index is 11.5. The Hall–Kier alpha value is -1.96. The number of carbonyl (C=O) groups is 2. The maximum Gasteiger partial charge on any atom is 0.360 e. The molecule has 0 aliphatic carbocycles. The van der Waals surface area contributed by atoms with Gasteiger partial charge in [0.15, 0.2) is 5.69 Å². The third-order valence-electron chi connectivity index (χ3n) is 2.42. The molecule has 0 bridgehead atoms. The summed E-state index contributed by atoms with van der Waals surface area (Å²) in [4.78, 5) is 22.9. The van der Waals surface area contributed by atoms with Crippen molar-refractivity contribution in [3.8, 4) is 0 Å². The van der Waals surface area contributed by atoms with Crippen molar-refractivity contribution in [2.24, 2.45) is 0 Å². The lowest BCUT2D eigenvalue weighted by Crippen LogP contribution is -2.24. The van der Waals surface area contributed by atoms with E-state index >= 15 is 0 Å². The number of aryl methyl sites for hydroxylation is 1. The number of rotatable bonds is 7. The zero-order chi connectivity index (χ0) is 14.3. The van der Waals surface area contributed by atoms with E-state index in [2.05, 4.69) is 20.4 Å². The van der Waals surface area contributed by atoms with Crippen molar-refractivity contribution >= 4 is 11.9 Å². The molecule has 19 heavy (non-hydrogen) atoms. The van der Waals surface area contributed by atoms with E-state index in [9.17, 15) is 9.59 Å². The van der Waals surface area contributed by atoms with Crippen LogP contribution in [-0.4, -0.2) is 47.6 Å². The van der Waals surface area contributed by atoms with Gasteiger partial charge in [0.2, 0.25) is 5.91 Å². The largest absolute Gasteiger partial charge is 0.464 e. The summed E-state index contributed by atoms with van der Waals surface area (Å²) in [6.07, 6.45) is 0.258. The second-order valence-corrected chi connectivity index (χ2v) is 3.74. The zero-order valence-electron chi connectivity index (χ0n) is 11.3. The van der Waals surface area contributed by atoms with E-state index in [4.69, 9.17) is 4.74 Å². The highest BCUT2D eigenvalue weighted by Crippen LogP contribution is 2.09. The summed E-state index contributed by atoms with van der Waals surface area (Å²) < 4.78 is 11.1. The molecule has 1 rings (SSSR count). The summed E-state index contributed by atoms with van der Waals surface area (Å²) in [7, 11) is 2.77. The van der Waals surface area contributed by atoms with Crippen LogP contribution in [0, 0.1) is 0 Å². The molecule has 0 aliphatic heterocycles. The molecule has 0 saturated carbocycles. The van der Waals surface area contributed by atoms with E-state index < -0.39 is 5.97 Å². The smallest absolute Gasteiger partial charge is 0.360 e. The number of ether oxygens (including phenoxy) is 2. The number of aromatic nitrogens is 3. The van der Waals surface area contributed by atoms with Gasteiger partial charge in [-0.2, -0.15) is 0 Å². The van der Waals surface area contributed by atoms with Crippen LogP contribution in [0.2, 0.25) is 0 Å². The fourth-order valence-corrected chi connectivity index (χ4v) is 1.54. The standard InChI is InChI=1S/C11H18N4O4/c1-4-12-9(16)5-6-15-8(7-18-2)10(13-14-15)11(17)19-3/h4-7H2,1-3H3,(H,12,16). The molecule has 8 heteroatoms. The van der Waals surface area contributed by atoms with Gasteiger partial charge in [0, 0.05) is 20.1 Å². The van der Waals surface area contributed by atoms with Gasteiger partial charge in [-0.05, 0) is 6.92 Å². The van der Waals surface area contributed by atoms with Crippen LogP contribution in [0.5, 0.6) is 0 Å². The predicted octanol–water partition coefficient (Wildman–Crippen LogP) is -0.263. The molecular weight excluding hydrogens is 252 g/mol. The fourth-order valence-electron chi connectivity index (χ4n) is 1.54. The number of nitrogens with one attached hydrogen (secondary N) is 1. The van der Waals surface area contributed by atoms with Crippen LogP contribution in [0.1, 0.15) is 29.5 Å². The molecule has 0 unspecified atom stereocenters. The first-order valence-corrected chi connectivity index (χ1v) is 5.90. The Morgan fingerprint density at radius 1 is 1.37 bits per heavy atom. The van der Waals surface area contributed by atoms with Crippen LogP contribution in [0.25, 0.3) is 0 Å². The van der Waals surface area contributed by atoms with Gasteiger partial charge in [0.25, 0.3) is 0 Å². The number of hydrogen-bond acceptors (Lipinski definition) is 6. The van der Waals surface area contributed by atoms with Crippen molar-refractivity contribution in [3.05, 3.63) is 11.4 Å². The van der Waals surface area contributed by atoms with Crippen LogP contribution >= 0.6 is 0 Å². The molecule has 0 radical (unpaired) electrons. The Morgan fingerprint density at radius 2 is 2.11 bits per heavy atom. The van der Waals surface area contributed by atoms with Gasteiger partial charge in [-0.25, -0.2) is 9.48 Å². The Labute approximate surface area is 111 Å². The quantitative estimate of drug-likeness (QED) is 0.686. The van der Waals surface area contributed by atoms with Crippen molar-refractivity contribution in [3.63, 3.8) is 0 Å². The molecule has 0 aliphatic rings. The second-order valence-electron chi connectivity index (χ2n) is 3.74. The van der Waals surface area contributed by atoms with Crippen LogP contribution in [0.4, 0.5) is 0 Å². The van der Waals surface area contributed by atoms with Crippen LogP contribution in [0.3, 0.4) is 0 Å². The van der Waals surface area contributed by atoms with Gasteiger partial charge in [-0.3, -0.25) is 4.79 Å². The minimum absolute atomic E-state index is 0.0824. The van der Waals surface area contributed by atoms with E-state index in [-0.39, 0.29) is 24.6 Å². The first kappa shape index (κ1) is 15.1. The first-order valence-electron chi connectivity index (χ1n) is 5.90. The van der Waals surface area contributed by atoms with Gasteiger partial charge in [0.1, 0.15) is 0 Å². The van der Waals surface area contributed by atoms with E-state index in [1.54, 1.807) is 0 Å².